The Morgan fingerprint density at radius 3 is 2.40 bits per heavy atom. The van der Waals surface area contributed by atoms with Gasteiger partial charge in [-0.25, -0.2) is 23.7 Å². The van der Waals surface area contributed by atoms with Crippen molar-refractivity contribution in [2.45, 2.75) is 55.8 Å². The van der Waals surface area contributed by atoms with Gasteiger partial charge in [0.1, 0.15) is 22.4 Å². The van der Waals surface area contributed by atoms with Gasteiger partial charge in [0.15, 0.2) is 0 Å². The number of pyridine rings is 1. The second-order valence-electron chi connectivity index (χ2n) is 10.2. The zero-order valence-electron chi connectivity index (χ0n) is 22.3. The van der Waals surface area contributed by atoms with E-state index in [1.807, 2.05) is 13.8 Å². The molecule has 0 unspecified atom stereocenters. The molecule has 1 aromatic carbocycles. The number of piperazine rings is 1. The lowest BCUT2D eigenvalue weighted by atomic mass is 10.0. The molecule has 5 rings (SSSR count). The van der Waals surface area contributed by atoms with Crippen molar-refractivity contribution in [1.82, 2.24) is 24.6 Å². The number of nitrogens with one attached hydrogen (secondary N) is 1. The largest absolute Gasteiger partial charge is 0.491 e. The molecule has 4 heterocycles. The first-order valence-electron chi connectivity index (χ1n) is 13.2. The number of nitrogens with zero attached hydrogens (tertiary/aromatic N) is 4. The quantitative estimate of drug-likeness (QED) is 0.372. The first kappa shape index (κ1) is 28.1. The lowest BCUT2D eigenvalue weighted by Crippen LogP contribution is -2.68. The summed E-state index contributed by atoms with van der Waals surface area (Å²) >= 11 is 0. The van der Waals surface area contributed by atoms with Crippen LogP contribution in [0.2, 0.25) is 0 Å². The fourth-order valence-electron chi connectivity index (χ4n) is 5.44. The molecule has 2 aromatic rings. The Kier molecular flexibility index (Phi) is 8.12. The van der Waals surface area contributed by atoms with Crippen LogP contribution in [0, 0.1) is 0 Å². The van der Waals surface area contributed by atoms with E-state index < -0.39 is 34.1 Å². The standard InChI is InChI=1S/C26H33N5O8S/c1-17(2)38-19-4-6-20(7-5-19)39-23-10-8-21(15-27-23)40(35,36)30-16-18-3-9-22(24(30)25(32)28-34)31(18)26(33)29-11-13-37-14-12-29/h4-8,10,15,17-18,22,24,34H,3,9,11-14,16H2,1-2H3,(H,28,32)/t18-,22+,24-/m1/s1. The molecule has 0 aliphatic carbocycles. The average Bonchev–Trinajstić information content (AvgIpc) is 3.26. The van der Waals surface area contributed by atoms with Gasteiger partial charge in [0.2, 0.25) is 15.9 Å². The third-order valence-electron chi connectivity index (χ3n) is 7.23. The molecule has 2 N–H and O–H groups in total. The van der Waals surface area contributed by atoms with Gasteiger partial charge >= 0.3 is 6.03 Å². The number of fused-ring (bicyclic) bond motifs is 2. The van der Waals surface area contributed by atoms with E-state index in [-0.39, 0.29) is 29.5 Å². The van der Waals surface area contributed by atoms with Gasteiger partial charge in [0.05, 0.1) is 31.6 Å². The van der Waals surface area contributed by atoms with Crippen LogP contribution in [-0.2, 0) is 19.6 Å². The van der Waals surface area contributed by atoms with Crippen LogP contribution in [0.3, 0.4) is 0 Å². The van der Waals surface area contributed by atoms with Crippen molar-refractivity contribution in [2.24, 2.45) is 0 Å². The minimum atomic E-state index is -4.22. The van der Waals surface area contributed by atoms with Crippen molar-refractivity contribution >= 4 is 22.0 Å². The molecule has 3 aliphatic rings. The van der Waals surface area contributed by atoms with Crippen LogP contribution in [-0.4, -0.2) is 102 Å². The normalized spacial score (nSPS) is 23.2. The fourth-order valence-corrected chi connectivity index (χ4v) is 7.04. The van der Waals surface area contributed by atoms with Gasteiger partial charge in [-0.2, -0.15) is 4.31 Å². The molecule has 3 aliphatic heterocycles. The molecule has 216 valence electrons. The minimum Gasteiger partial charge on any atom is -0.491 e. The second-order valence-corrected chi connectivity index (χ2v) is 12.0. The topological polar surface area (TPSA) is 151 Å². The van der Waals surface area contributed by atoms with Crippen molar-refractivity contribution in [3.8, 4) is 17.4 Å². The highest BCUT2D eigenvalue weighted by molar-refractivity contribution is 7.89. The van der Waals surface area contributed by atoms with E-state index in [1.54, 1.807) is 39.5 Å². The number of aromatic nitrogens is 1. The smallest absolute Gasteiger partial charge is 0.320 e. The van der Waals surface area contributed by atoms with Crippen molar-refractivity contribution in [3.63, 3.8) is 0 Å². The molecule has 1 aromatic heterocycles. The highest BCUT2D eigenvalue weighted by Crippen LogP contribution is 2.38. The molecule has 2 bridgehead atoms. The third-order valence-corrected chi connectivity index (χ3v) is 9.06. The van der Waals surface area contributed by atoms with E-state index in [4.69, 9.17) is 14.2 Å². The van der Waals surface area contributed by atoms with Crippen LogP contribution >= 0.6 is 0 Å². The summed E-state index contributed by atoms with van der Waals surface area (Å²) in [5, 5.41) is 9.49. The molecule has 0 saturated carbocycles. The number of carbonyl (C=O) groups is 2. The number of urea groups is 1. The van der Waals surface area contributed by atoms with E-state index in [1.165, 1.54) is 18.3 Å². The first-order chi connectivity index (χ1) is 19.2. The number of hydrogen-bond acceptors (Lipinski definition) is 9. The van der Waals surface area contributed by atoms with Crippen LogP contribution in [0.5, 0.6) is 17.4 Å². The van der Waals surface area contributed by atoms with E-state index in [0.717, 1.165) is 4.31 Å². The highest BCUT2D eigenvalue weighted by atomic mass is 32.2. The third kappa shape index (κ3) is 5.57. The number of ether oxygens (including phenoxy) is 3. The summed E-state index contributed by atoms with van der Waals surface area (Å²) in [5.41, 5.74) is 1.60. The maximum atomic E-state index is 13.7. The summed E-state index contributed by atoms with van der Waals surface area (Å²) < 4.78 is 45.3. The lowest BCUT2D eigenvalue weighted by Gasteiger charge is -2.46. The number of amides is 3. The Labute approximate surface area is 232 Å². The SMILES string of the molecule is CC(C)Oc1ccc(Oc2ccc(S(=O)(=O)N3C[C@H]4CC[C@@H]([C@@H]3C(=O)NO)N4C(=O)N3CCOCC3)cn2)cc1. The number of carbonyl (C=O) groups excluding carboxylic acids is 2. The van der Waals surface area contributed by atoms with E-state index in [9.17, 15) is 23.2 Å². The predicted octanol–water partition coefficient (Wildman–Crippen LogP) is 1.82. The monoisotopic (exact) mass is 575 g/mol. The summed E-state index contributed by atoms with van der Waals surface area (Å²) in [6, 6.07) is 7.05. The van der Waals surface area contributed by atoms with Gasteiger partial charge in [-0.1, -0.05) is 0 Å². The van der Waals surface area contributed by atoms with Crippen LogP contribution in [0.25, 0.3) is 0 Å². The maximum Gasteiger partial charge on any atom is 0.320 e. The van der Waals surface area contributed by atoms with E-state index in [0.29, 0.717) is 50.6 Å². The van der Waals surface area contributed by atoms with E-state index in [2.05, 4.69) is 4.98 Å². The number of hydrogen-bond donors (Lipinski definition) is 2. The zero-order chi connectivity index (χ0) is 28.4. The molecule has 40 heavy (non-hydrogen) atoms. The minimum absolute atomic E-state index is 0.0365. The molecule has 3 saturated heterocycles. The van der Waals surface area contributed by atoms with Gasteiger partial charge in [0, 0.05) is 31.7 Å². The van der Waals surface area contributed by atoms with Crippen LogP contribution in [0.4, 0.5) is 4.79 Å². The summed E-state index contributed by atoms with van der Waals surface area (Å²) in [4.78, 5) is 33.5. The summed E-state index contributed by atoms with van der Waals surface area (Å²) in [6.07, 6.45) is 2.17. The van der Waals surface area contributed by atoms with Gasteiger partial charge in [-0.15, -0.1) is 0 Å². The van der Waals surface area contributed by atoms with Gasteiger partial charge in [-0.05, 0) is 57.0 Å². The molecule has 0 spiro atoms. The lowest BCUT2D eigenvalue weighted by molar-refractivity contribution is -0.136. The van der Waals surface area contributed by atoms with Crippen molar-refractivity contribution in [2.75, 3.05) is 32.8 Å². The number of benzene rings is 1. The summed E-state index contributed by atoms with van der Waals surface area (Å²) in [5.74, 6) is 0.476. The van der Waals surface area contributed by atoms with Crippen LogP contribution in [0.15, 0.2) is 47.5 Å². The van der Waals surface area contributed by atoms with Crippen molar-refractivity contribution < 1.29 is 37.4 Å². The Bertz CT molecular complexity index is 1320. The van der Waals surface area contributed by atoms with Crippen LogP contribution in [0.1, 0.15) is 26.7 Å². The highest BCUT2D eigenvalue weighted by Gasteiger charge is 2.55. The summed E-state index contributed by atoms with van der Waals surface area (Å²) in [6.45, 7) is 5.44. The van der Waals surface area contributed by atoms with Gasteiger partial charge in [0.25, 0.3) is 5.91 Å². The maximum absolute atomic E-state index is 13.7. The Morgan fingerprint density at radius 2 is 1.77 bits per heavy atom. The molecule has 3 amide bonds. The van der Waals surface area contributed by atoms with Gasteiger partial charge in [-0.3, -0.25) is 10.0 Å². The Morgan fingerprint density at radius 1 is 1.07 bits per heavy atom. The second kappa shape index (κ2) is 11.6. The van der Waals surface area contributed by atoms with Gasteiger partial charge < -0.3 is 24.0 Å². The molecule has 3 atom stereocenters. The Balaban J connectivity index is 1.34. The predicted molar refractivity (Wildman–Crippen MR) is 141 cm³/mol. The van der Waals surface area contributed by atoms with Crippen molar-refractivity contribution in [1.29, 1.82) is 0 Å². The molecular formula is C26H33N5O8S. The molecule has 3 fully saturated rings. The fraction of sp³-hybridized carbons (Fsp3) is 0.500. The average molecular weight is 576 g/mol. The van der Waals surface area contributed by atoms with Crippen LogP contribution < -0.4 is 15.0 Å². The molecular weight excluding hydrogens is 542 g/mol. The number of sulfonamides is 1. The van der Waals surface area contributed by atoms with Crippen molar-refractivity contribution in [3.05, 3.63) is 42.6 Å². The summed E-state index contributed by atoms with van der Waals surface area (Å²) in [7, 11) is -4.22. The first-order valence-corrected chi connectivity index (χ1v) is 14.6. The number of morpholine rings is 1. The zero-order valence-corrected chi connectivity index (χ0v) is 23.1. The number of rotatable bonds is 7. The molecule has 13 nitrogen and oxygen atoms in total. The Hall–Kier alpha value is -3.46. The molecule has 0 radical (unpaired) electrons. The molecule has 14 heteroatoms. The van der Waals surface area contributed by atoms with E-state index >= 15 is 0 Å². The number of hydroxylamine groups is 1.